The van der Waals surface area contributed by atoms with Crippen molar-refractivity contribution < 1.29 is 22.8 Å². The van der Waals surface area contributed by atoms with Gasteiger partial charge in [-0.3, -0.25) is 0 Å². The number of benzene rings is 2. The summed E-state index contributed by atoms with van der Waals surface area (Å²) in [5, 5.41) is 10.1. The van der Waals surface area contributed by atoms with Crippen LogP contribution >= 0.6 is 23.5 Å². The lowest BCUT2D eigenvalue weighted by molar-refractivity contribution is 0.188. The van der Waals surface area contributed by atoms with E-state index in [-0.39, 0.29) is 10.2 Å². The first-order chi connectivity index (χ1) is 9.33. The van der Waals surface area contributed by atoms with Crippen LogP contribution in [0, 0.1) is 11.3 Å². The number of halogens is 3. The first kappa shape index (κ1) is 14.9. The fraction of sp³-hybridized carbons (Fsp3) is 0.0833. The quantitative estimate of drug-likeness (QED) is 0.829. The van der Waals surface area contributed by atoms with Gasteiger partial charge in [0.25, 0.3) is 0 Å². The van der Waals surface area contributed by atoms with Gasteiger partial charge in [-0.15, -0.1) is 0 Å². The van der Waals surface area contributed by atoms with E-state index in [0.29, 0.717) is 16.3 Å². The maximum atomic E-state index is 12.4. The molecule has 104 valence electrons. The number of hydrogen-bond donors (Lipinski definition) is 1. The molecule has 0 radical (unpaired) electrons. The predicted molar refractivity (Wildman–Crippen MR) is 72.8 cm³/mol. The molecule has 0 amide bonds. The van der Waals surface area contributed by atoms with Gasteiger partial charge in [0.1, 0.15) is 5.75 Å². The minimum absolute atomic E-state index is 0.159. The second kappa shape index (κ2) is 5.49. The van der Waals surface area contributed by atoms with Crippen molar-refractivity contribution >= 4 is 34.3 Å². The van der Waals surface area contributed by atoms with Crippen LogP contribution in [0.3, 0.4) is 0 Å². The Morgan fingerprint density at radius 3 is 2.60 bits per heavy atom. The van der Waals surface area contributed by atoms with E-state index in [1.54, 1.807) is 18.2 Å². The van der Waals surface area contributed by atoms with Gasteiger partial charge in [-0.05, 0) is 51.0 Å². The van der Waals surface area contributed by atoms with Gasteiger partial charge in [-0.1, -0.05) is 6.07 Å². The molecule has 0 bridgehead atoms. The van der Waals surface area contributed by atoms with Crippen LogP contribution in [0.25, 0.3) is 10.8 Å². The lowest BCUT2D eigenvalue weighted by atomic mass is 10.1. The lowest BCUT2D eigenvalue weighted by Crippen LogP contribution is -2.01. The van der Waals surface area contributed by atoms with Crippen molar-refractivity contribution in [2.45, 2.75) is 6.17 Å². The van der Waals surface area contributed by atoms with E-state index in [4.69, 9.17) is 10.2 Å². The van der Waals surface area contributed by atoms with Gasteiger partial charge in [-0.25, -0.2) is 4.57 Å². The number of nitriles is 1. The highest BCUT2D eigenvalue weighted by molar-refractivity contribution is 9.10. The van der Waals surface area contributed by atoms with Crippen molar-refractivity contribution in [2.24, 2.45) is 0 Å². The monoisotopic (exact) mass is 361 g/mol. The molecule has 0 saturated heterocycles. The molecule has 2 rings (SSSR count). The number of fused-ring (bicyclic) bond motifs is 1. The molecular formula is C12H7BrF2NO3P. The summed E-state index contributed by atoms with van der Waals surface area (Å²) >= 11 is 3.08. The Hall–Kier alpha value is -1.48. The van der Waals surface area contributed by atoms with Crippen molar-refractivity contribution in [1.82, 2.24) is 0 Å². The maximum Gasteiger partial charge on any atom is 0.442 e. The Bertz CT molecular complexity index is 760. The van der Waals surface area contributed by atoms with E-state index < -0.39 is 13.8 Å². The Balaban J connectivity index is 2.49. The summed E-state index contributed by atoms with van der Waals surface area (Å²) in [5.74, 6) is -0.159. The van der Waals surface area contributed by atoms with Gasteiger partial charge >= 0.3 is 13.8 Å². The summed E-state index contributed by atoms with van der Waals surface area (Å²) in [6.45, 7) is 0. The van der Waals surface area contributed by atoms with Gasteiger partial charge in [0, 0.05) is 0 Å². The fourth-order valence-corrected chi connectivity index (χ4v) is 2.65. The number of alkyl halides is 2. The third kappa shape index (κ3) is 2.98. The van der Waals surface area contributed by atoms with E-state index in [1.165, 1.54) is 12.1 Å². The Morgan fingerprint density at radius 1 is 1.30 bits per heavy atom. The lowest BCUT2D eigenvalue weighted by Gasteiger charge is -2.14. The molecule has 0 aliphatic carbocycles. The van der Waals surface area contributed by atoms with Crippen LogP contribution in [0.1, 0.15) is 5.56 Å². The molecule has 0 fully saturated rings. The van der Waals surface area contributed by atoms with E-state index in [1.807, 2.05) is 6.07 Å². The van der Waals surface area contributed by atoms with Gasteiger partial charge < -0.3 is 9.42 Å². The molecule has 2 aromatic rings. The summed E-state index contributed by atoms with van der Waals surface area (Å²) in [7, 11) is -5.02. The van der Waals surface area contributed by atoms with Crippen LogP contribution in [0.4, 0.5) is 8.78 Å². The highest BCUT2D eigenvalue weighted by Crippen LogP contribution is 2.50. The number of hydrogen-bond acceptors (Lipinski definition) is 3. The summed E-state index contributed by atoms with van der Waals surface area (Å²) in [5.41, 5.74) is 0.443. The molecule has 0 aliphatic rings. The average Bonchev–Trinajstić information content (AvgIpc) is 2.38. The first-order valence-electron chi connectivity index (χ1n) is 5.27. The maximum absolute atomic E-state index is 12.4. The van der Waals surface area contributed by atoms with Crippen molar-refractivity contribution in [3.05, 3.63) is 40.4 Å². The number of rotatable bonds is 3. The van der Waals surface area contributed by atoms with Gasteiger partial charge in [-0.2, -0.15) is 14.0 Å². The minimum atomic E-state index is -5.02. The van der Waals surface area contributed by atoms with Crippen LogP contribution in [0.5, 0.6) is 5.75 Å². The minimum Gasteiger partial charge on any atom is -0.420 e. The van der Waals surface area contributed by atoms with Gasteiger partial charge in [0.05, 0.1) is 16.1 Å². The summed E-state index contributed by atoms with van der Waals surface area (Å²) in [6, 6.07) is 9.60. The Labute approximate surface area is 121 Å². The molecule has 8 heteroatoms. The van der Waals surface area contributed by atoms with Crippen molar-refractivity contribution in [3.8, 4) is 11.8 Å². The van der Waals surface area contributed by atoms with E-state index in [9.17, 15) is 13.3 Å². The van der Waals surface area contributed by atoms with Crippen molar-refractivity contribution in [2.75, 3.05) is 0 Å². The average molecular weight is 362 g/mol. The summed E-state index contributed by atoms with van der Waals surface area (Å²) < 4.78 is 40.7. The van der Waals surface area contributed by atoms with Gasteiger partial charge in [0.15, 0.2) is 0 Å². The fourth-order valence-electron chi connectivity index (χ4n) is 1.57. The molecule has 1 N–H and O–H groups in total. The van der Waals surface area contributed by atoms with Crippen LogP contribution in [-0.2, 0) is 4.57 Å². The second-order valence-corrected chi connectivity index (χ2v) is 6.44. The van der Waals surface area contributed by atoms with E-state index >= 15 is 0 Å². The molecule has 20 heavy (non-hydrogen) atoms. The molecule has 2 aromatic carbocycles. The van der Waals surface area contributed by atoms with Crippen LogP contribution in [0.15, 0.2) is 34.8 Å². The molecule has 0 heterocycles. The highest BCUT2D eigenvalue weighted by atomic mass is 79.9. The molecule has 0 aromatic heterocycles. The molecule has 4 nitrogen and oxygen atoms in total. The largest absolute Gasteiger partial charge is 0.442 e. The second-order valence-electron chi connectivity index (χ2n) is 3.89. The predicted octanol–water partition coefficient (Wildman–Crippen LogP) is 4.26. The molecule has 1 atom stereocenters. The molecule has 0 saturated carbocycles. The van der Waals surface area contributed by atoms with Crippen molar-refractivity contribution in [1.29, 1.82) is 5.26 Å². The normalized spacial score (nSPS) is 14.0. The zero-order chi connectivity index (χ0) is 14.9. The summed E-state index contributed by atoms with van der Waals surface area (Å²) in [6.07, 6.45) is -3.48. The molecule has 0 spiro atoms. The molecule has 0 aliphatic heterocycles. The SMILES string of the molecule is N#Cc1ccc2cc(OP(=O)(O)C(F)F)c(Br)cc2c1. The zero-order valence-corrected chi connectivity index (χ0v) is 12.2. The van der Waals surface area contributed by atoms with Crippen LogP contribution in [0.2, 0.25) is 0 Å². The number of nitrogens with zero attached hydrogens (tertiary/aromatic N) is 1. The third-order valence-electron chi connectivity index (χ3n) is 2.50. The topological polar surface area (TPSA) is 70.3 Å². The smallest absolute Gasteiger partial charge is 0.420 e. The van der Waals surface area contributed by atoms with Crippen LogP contribution in [-0.4, -0.2) is 11.1 Å². The first-order valence-corrected chi connectivity index (χ1v) is 7.71. The standard InChI is InChI=1S/C12H7BrF2NO3P/c13-10-4-9-3-7(6-16)1-2-8(9)5-11(10)19-20(17,18)12(14)15/h1-5,12H,(H,17,18). The molecule has 1 unspecified atom stereocenters. The van der Waals surface area contributed by atoms with E-state index in [2.05, 4.69) is 20.5 Å². The molecular weight excluding hydrogens is 355 g/mol. The Morgan fingerprint density at radius 2 is 2.00 bits per heavy atom. The summed E-state index contributed by atoms with van der Waals surface area (Å²) in [4.78, 5) is 9.04. The van der Waals surface area contributed by atoms with Crippen LogP contribution < -0.4 is 4.52 Å². The van der Waals surface area contributed by atoms with Gasteiger partial charge in [0.2, 0.25) is 0 Å². The zero-order valence-electron chi connectivity index (χ0n) is 9.76. The highest BCUT2D eigenvalue weighted by Gasteiger charge is 2.34. The van der Waals surface area contributed by atoms with E-state index in [0.717, 1.165) is 0 Å². The third-order valence-corrected chi connectivity index (χ3v) is 4.07. The Kier molecular flexibility index (Phi) is 4.09. The van der Waals surface area contributed by atoms with Crippen molar-refractivity contribution in [3.63, 3.8) is 0 Å².